The van der Waals surface area contributed by atoms with Crippen molar-refractivity contribution in [1.29, 1.82) is 0 Å². The van der Waals surface area contributed by atoms with Gasteiger partial charge in [0, 0.05) is 28.2 Å². The minimum Gasteiger partial charge on any atom is -0.342 e. The number of hydrogen-bond donors (Lipinski definition) is 1. The van der Waals surface area contributed by atoms with Gasteiger partial charge in [-0.2, -0.15) is 0 Å². The number of thiocarbonyl (C=S) groups is 1. The van der Waals surface area contributed by atoms with E-state index in [0.29, 0.717) is 10.8 Å². The Hall–Kier alpha value is -3.22. The molecular formula is C27H22BrN3OS. The molecule has 1 N–H and O–H groups in total. The molecule has 33 heavy (non-hydrogen) atoms. The summed E-state index contributed by atoms with van der Waals surface area (Å²) in [5, 5.41) is 4.63. The van der Waals surface area contributed by atoms with Crippen LogP contribution in [0.4, 0.5) is 5.69 Å². The largest absolute Gasteiger partial charge is 0.342 e. The number of carbonyl (C=O) groups excluding carboxylic acids is 1. The first-order valence-corrected chi connectivity index (χ1v) is 12.0. The van der Waals surface area contributed by atoms with Crippen LogP contribution in [-0.4, -0.2) is 15.6 Å². The molecule has 1 fully saturated rings. The summed E-state index contributed by atoms with van der Waals surface area (Å²) < 4.78 is 3.34. The number of anilines is 1. The molecule has 164 valence electrons. The zero-order valence-electron chi connectivity index (χ0n) is 18.1. The summed E-state index contributed by atoms with van der Waals surface area (Å²) in [6.07, 6.45) is 4.97. The van der Waals surface area contributed by atoms with E-state index < -0.39 is 0 Å². The van der Waals surface area contributed by atoms with Gasteiger partial charge in [-0.3, -0.25) is 9.69 Å². The molecule has 1 aliphatic rings. The number of amides is 1. The first-order valence-electron chi connectivity index (χ1n) is 10.8. The van der Waals surface area contributed by atoms with E-state index in [2.05, 4.69) is 81.4 Å². The van der Waals surface area contributed by atoms with Gasteiger partial charge in [0.1, 0.15) is 5.70 Å². The summed E-state index contributed by atoms with van der Waals surface area (Å²) in [4.78, 5) is 14.7. The van der Waals surface area contributed by atoms with Crippen LogP contribution in [0, 0.1) is 0 Å². The number of nitrogens with one attached hydrogen (secondary N) is 1. The van der Waals surface area contributed by atoms with Crippen LogP contribution in [0.2, 0.25) is 0 Å². The zero-order chi connectivity index (χ0) is 22.9. The van der Waals surface area contributed by atoms with Crippen molar-refractivity contribution >= 4 is 61.8 Å². The lowest BCUT2D eigenvalue weighted by molar-refractivity contribution is -0.113. The molecule has 2 heterocycles. The second kappa shape index (κ2) is 8.96. The molecule has 0 saturated carbocycles. The van der Waals surface area contributed by atoms with Crippen molar-refractivity contribution in [1.82, 2.24) is 9.88 Å². The van der Waals surface area contributed by atoms with E-state index >= 15 is 0 Å². The molecule has 0 radical (unpaired) electrons. The van der Waals surface area contributed by atoms with Gasteiger partial charge in [0.2, 0.25) is 0 Å². The number of hydrogen-bond acceptors (Lipinski definition) is 2. The Morgan fingerprint density at radius 1 is 1.00 bits per heavy atom. The predicted molar refractivity (Wildman–Crippen MR) is 142 cm³/mol. The number of fused-ring (bicyclic) bond motifs is 1. The number of carbonyl (C=O) groups is 1. The van der Waals surface area contributed by atoms with Crippen molar-refractivity contribution in [2.75, 3.05) is 4.90 Å². The van der Waals surface area contributed by atoms with Crippen LogP contribution in [0.25, 0.3) is 17.0 Å². The van der Waals surface area contributed by atoms with Crippen LogP contribution < -0.4 is 10.2 Å². The molecule has 0 aliphatic carbocycles. The number of benzene rings is 3. The Morgan fingerprint density at radius 3 is 2.48 bits per heavy atom. The van der Waals surface area contributed by atoms with Gasteiger partial charge in [-0.15, -0.1) is 0 Å². The van der Waals surface area contributed by atoms with Crippen molar-refractivity contribution in [2.24, 2.45) is 0 Å². The van der Waals surface area contributed by atoms with Crippen LogP contribution in [-0.2, 0) is 17.8 Å². The van der Waals surface area contributed by atoms with Gasteiger partial charge >= 0.3 is 0 Å². The Morgan fingerprint density at radius 2 is 1.76 bits per heavy atom. The smallest absolute Gasteiger partial charge is 0.281 e. The lowest BCUT2D eigenvalue weighted by atomic mass is 10.1. The average molecular weight is 516 g/mol. The molecule has 6 heteroatoms. The summed E-state index contributed by atoms with van der Waals surface area (Å²) >= 11 is 8.99. The van der Waals surface area contributed by atoms with Crippen molar-refractivity contribution in [3.8, 4) is 0 Å². The Labute approximate surface area is 206 Å². The highest BCUT2D eigenvalue weighted by Gasteiger charge is 2.32. The number of para-hydroxylation sites is 2. The number of rotatable bonds is 5. The summed E-state index contributed by atoms with van der Waals surface area (Å²) in [5.74, 6) is -0.147. The molecule has 1 saturated heterocycles. The minimum atomic E-state index is -0.147. The maximum Gasteiger partial charge on any atom is 0.281 e. The van der Waals surface area contributed by atoms with Gasteiger partial charge in [-0.1, -0.05) is 71.4 Å². The van der Waals surface area contributed by atoms with E-state index in [1.807, 2.05) is 36.4 Å². The quantitative estimate of drug-likeness (QED) is 0.251. The normalized spacial score (nSPS) is 15.0. The monoisotopic (exact) mass is 515 g/mol. The maximum absolute atomic E-state index is 13.2. The molecule has 1 aliphatic heterocycles. The van der Waals surface area contributed by atoms with E-state index in [4.69, 9.17) is 12.2 Å². The van der Waals surface area contributed by atoms with Crippen molar-refractivity contribution in [3.05, 3.63) is 106 Å². The van der Waals surface area contributed by atoms with Gasteiger partial charge in [-0.05, 0) is 60.1 Å². The van der Waals surface area contributed by atoms with Crippen LogP contribution in [0.1, 0.15) is 23.6 Å². The van der Waals surface area contributed by atoms with E-state index in [9.17, 15) is 4.79 Å². The molecule has 4 nitrogen and oxygen atoms in total. The first-order chi connectivity index (χ1) is 16.0. The standard InChI is InChI=1S/C27H22BrN3OS/c1-2-19-7-6-10-23-20(17-30(25(19)23)16-18-11-13-21(28)14-12-18)15-24-26(32)31(27(33)29-24)22-8-4-3-5-9-22/h3-15,17H,2,16H2,1H3,(H,29,33)/b24-15-. The lowest BCUT2D eigenvalue weighted by Crippen LogP contribution is -2.30. The van der Waals surface area contributed by atoms with Gasteiger partial charge in [-0.25, -0.2) is 0 Å². The topological polar surface area (TPSA) is 37.3 Å². The third kappa shape index (κ3) is 4.12. The summed E-state index contributed by atoms with van der Waals surface area (Å²) in [7, 11) is 0. The second-order valence-corrected chi connectivity index (χ2v) is 9.27. The third-order valence-electron chi connectivity index (χ3n) is 5.85. The molecule has 1 aromatic heterocycles. The molecule has 4 aromatic rings. The molecule has 3 aromatic carbocycles. The molecule has 0 atom stereocenters. The van der Waals surface area contributed by atoms with E-state index in [1.165, 1.54) is 16.6 Å². The van der Waals surface area contributed by atoms with Crippen LogP contribution in [0.3, 0.4) is 0 Å². The molecule has 0 bridgehead atoms. The third-order valence-corrected chi connectivity index (χ3v) is 6.67. The Kier molecular flexibility index (Phi) is 5.87. The Bertz CT molecular complexity index is 1390. The zero-order valence-corrected chi connectivity index (χ0v) is 20.5. The molecular weight excluding hydrogens is 494 g/mol. The van der Waals surface area contributed by atoms with Gasteiger partial charge in [0.25, 0.3) is 5.91 Å². The summed E-state index contributed by atoms with van der Waals surface area (Å²) in [6, 6.07) is 24.2. The van der Waals surface area contributed by atoms with Crippen LogP contribution in [0.15, 0.2) is 89.2 Å². The minimum absolute atomic E-state index is 0.147. The number of halogens is 1. The van der Waals surface area contributed by atoms with Gasteiger partial charge in [0.05, 0.1) is 11.2 Å². The van der Waals surface area contributed by atoms with E-state index in [0.717, 1.165) is 34.1 Å². The van der Waals surface area contributed by atoms with Crippen molar-refractivity contribution < 1.29 is 4.79 Å². The fourth-order valence-corrected chi connectivity index (χ4v) is 4.84. The number of aromatic nitrogens is 1. The van der Waals surface area contributed by atoms with Crippen molar-refractivity contribution in [2.45, 2.75) is 19.9 Å². The van der Waals surface area contributed by atoms with E-state index in [-0.39, 0.29) is 5.91 Å². The van der Waals surface area contributed by atoms with Crippen molar-refractivity contribution in [3.63, 3.8) is 0 Å². The summed E-state index contributed by atoms with van der Waals surface area (Å²) in [5.41, 5.74) is 5.92. The Balaban J connectivity index is 1.57. The molecule has 0 unspecified atom stereocenters. The van der Waals surface area contributed by atoms with Crippen LogP contribution >= 0.6 is 28.1 Å². The van der Waals surface area contributed by atoms with Gasteiger partial charge in [0.15, 0.2) is 5.11 Å². The molecule has 0 spiro atoms. The highest BCUT2D eigenvalue weighted by Crippen LogP contribution is 2.29. The fourth-order valence-electron chi connectivity index (χ4n) is 4.28. The predicted octanol–water partition coefficient (Wildman–Crippen LogP) is 6.28. The lowest BCUT2D eigenvalue weighted by Gasteiger charge is -2.13. The van der Waals surface area contributed by atoms with E-state index in [1.54, 1.807) is 4.90 Å². The van der Waals surface area contributed by atoms with Crippen LogP contribution in [0.5, 0.6) is 0 Å². The SMILES string of the molecule is CCc1cccc2c(/C=C3\NC(=S)N(c4ccccc4)C3=O)cn(Cc3ccc(Br)cc3)c12. The fraction of sp³-hybridized carbons (Fsp3) is 0.111. The van der Waals surface area contributed by atoms with Gasteiger partial charge < -0.3 is 9.88 Å². The maximum atomic E-state index is 13.2. The highest BCUT2D eigenvalue weighted by molar-refractivity contribution is 9.10. The molecule has 1 amide bonds. The number of nitrogens with zero attached hydrogens (tertiary/aromatic N) is 2. The second-order valence-electron chi connectivity index (χ2n) is 7.97. The first kappa shape index (κ1) is 21.6. The highest BCUT2D eigenvalue weighted by atomic mass is 79.9. The summed E-state index contributed by atoms with van der Waals surface area (Å²) in [6.45, 7) is 2.92. The molecule has 5 rings (SSSR count). The average Bonchev–Trinajstić information content (AvgIpc) is 3.32. The number of aryl methyl sites for hydroxylation is 1.